The van der Waals surface area contributed by atoms with Gasteiger partial charge in [-0.05, 0) is 43.0 Å². The molecule has 126 valence electrons. The predicted molar refractivity (Wildman–Crippen MR) is 86.9 cm³/mol. The summed E-state index contributed by atoms with van der Waals surface area (Å²) in [6.45, 7) is 1.24. The summed E-state index contributed by atoms with van der Waals surface area (Å²) in [5.41, 5.74) is 5.63. The first-order valence-corrected chi connectivity index (χ1v) is 8.49. The Labute approximate surface area is 137 Å². The summed E-state index contributed by atoms with van der Waals surface area (Å²) in [5, 5.41) is 0. The van der Waals surface area contributed by atoms with Crippen LogP contribution in [0.4, 0.5) is 0 Å². The standard InChI is InChI=1S/C14H22N2O4S.ClH/c1-19-8-9-20-12-4-6-13(7-5-12)21(17,18)16-14(10-15)11-2-3-11;/h4-7,11,14,16H,2-3,8-10,15H2,1H3;1H. The van der Waals surface area contributed by atoms with Crippen LogP contribution in [0.15, 0.2) is 29.2 Å². The number of methoxy groups -OCH3 is 1. The fraction of sp³-hybridized carbons (Fsp3) is 0.571. The van der Waals surface area contributed by atoms with Crippen molar-refractivity contribution >= 4 is 22.4 Å². The molecule has 1 unspecified atom stereocenters. The van der Waals surface area contributed by atoms with Crippen LogP contribution in [-0.4, -0.2) is 41.3 Å². The lowest BCUT2D eigenvalue weighted by Gasteiger charge is -2.16. The van der Waals surface area contributed by atoms with Crippen LogP contribution in [0.5, 0.6) is 5.75 Å². The van der Waals surface area contributed by atoms with E-state index in [2.05, 4.69) is 4.72 Å². The van der Waals surface area contributed by atoms with Crippen LogP contribution < -0.4 is 15.2 Å². The summed E-state index contributed by atoms with van der Waals surface area (Å²) < 4.78 is 37.5. The van der Waals surface area contributed by atoms with Crippen LogP contribution in [0.2, 0.25) is 0 Å². The van der Waals surface area contributed by atoms with Crippen LogP contribution in [0.25, 0.3) is 0 Å². The Morgan fingerprint density at radius 3 is 2.41 bits per heavy atom. The van der Waals surface area contributed by atoms with E-state index < -0.39 is 10.0 Å². The number of nitrogens with two attached hydrogens (primary N) is 1. The third-order valence-corrected chi connectivity index (χ3v) is 4.95. The van der Waals surface area contributed by atoms with Crippen LogP contribution in [0.3, 0.4) is 0 Å². The second-order valence-electron chi connectivity index (χ2n) is 5.11. The molecule has 0 aliphatic heterocycles. The molecule has 0 aromatic heterocycles. The highest BCUT2D eigenvalue weighted by molar-refractivity contribution is 7.89. The zero-order valence-corrected chi connectivity index (χ0v) is 14.2. The van der Waals surface area contributed by atoms with E-state index >= 15 is 0 Å². The number of hydrogen-bond donors (Lipinski definition) is 2. The smallest absolute Gasteiger partial charge is 0.240 e. The quantitative estimate of drug-likeness (QED) is 0.652. The first-order valence-electron chi connectivity index (χ1n) is 7.01. The van der Waals surface area contributed by atoms with E-state index in [9.17, 15) is 8.42 Å². The molecule has 1 aliphatic rings. The topological polar surface area (TPSA) is 90.6 Å². The van der Waals surface area contributed by atoms with Gasteiger partial charge in [0.25, 0.3) is 0 Å². The molecule has 1 saturated carbocycles. The maximum absolute atomic E-state index is 12.3. The number of ether oxygens (including phenoxy) is 2. The summed E-state index contributed by atoms with van der Waals surface area (Å²) in [7, 11) is -1.93. The van der Waals surface area contributed by atoms with E-state index in [-0.39, 0.29) is 23.3 Å². The molecule has 0 amide bonds. The molecule has 0 spiro atoms. The number of sulfonamides is 1. The Morgan fingerprint density at radius 2 is 1.91 bits per heavy atom. The summed E-state index contributed by atoms with van der Waals surface area (Å²) in [6.07, 6.45) is 2.08. The maximum atomic E-state index is 12.3. The van der Waals surface area contributed by atoms with Crippen molar-refractivity contribution in [2.24, 2.45) is 11.7 Å². The van der Waals surface area contributed by atoms with Crippen LogP contribution in [-0.2, 0) is 14.8 Å². The lowest BCUT2D eigenvalue weighted by atomic mass is 10.2. The number of halogens is 1. The third-order valence-electron chi connectivity index (χ3n) is 3.44. The number of hydrogen-bond acceptors (Lipinski definition) is 5. The maximum Gasteiger partial charge on any atom is 0.240 e. The lowest BCUT2D eigenvalue weighted by Crippen LogP contribution is -2.41. The van der Waals surface area contributed by atoms with E-state index in [0.29, 0.717) is 31.4 Å². The summed E-state index contributed by atoms with van der Waals surface area (Å²) >= 11 is 0. The van der Waals surface area contributed by atoms with Gasteiger partial charge in [-0.1, -0.05) is 0 Å². The average Bonchev–Trinajstić information content (AvgIpc) is 3.30. The highest BCUT2D eigenvalue weighted by Gasteiger charge is 2.33. The molecule has 6 nitrogen and oxygen atoms in total. The molecule has 0 saturated heterocycles. The third kappa shape index (κ3) is 5.40. The van der Waals surface area contributed by atoms with Gasteiger partial charge in [0.2, 0.25) is 10.0 Å². The molecular formula is C14H23ClN2O4S. The Hall–Kier alpha value is -0.860. The van der Waals surface area contributed by atoms with Gasteiger partial charge in [0, 0.05) is 19.7 Å². The van der Waals surface area contributed by atoms with Gasteiger partial charge in [-0.25, -0.2) is 13.1 Å². The molecule has 1 aromatic rings. The van der Waals surface area contributed by atoms with Crippen molar-refractivity contribution in [2.45, 2.75) is 23.8 Å². The zero-order chi connectivity index (χ0) is 15.3. The molecule has 0 heterocycles. The number of benzene rings is 1. The molecule has 0 bridgehead atoms. The summed E-state index contributed by atoms with van der Waals surface area (Å²) in [5.74, 6) is 0.991. The van der Waals surface area contributed by atoms with Crippen molar-refractivity contribution in [2.75, 3.05) is 26.9 Å². The van der Waals surface area contributed by atoms with E-state index in [1.165, 1.54) is 12.1 Å². The van der Waals surface area contributed by atoms with Gasteiger partial charge in [-0.2, -0.15) is 0 Å². The van der Waals surface area contributed by atoms with Crippen molar-refractivity contribution in [1.29, 1.82) is 0 Å². The Kier molecular flexibility index (Phi) is 7.58. The second kappa shape index (κ2) is 8.69. The monoisotopic (exact) mass is 350 g/mol. The van der Waals surface area contributed by atoms with E-state index in [1.807, 2.05) is 0 Å². The van der Waals surface area contributed by atoms with E-state index in [1.54, 1.807) is 19.2 Å². The van der Waals surface area contributed by atoms with Gasteiger partial charge in [-0.3, -0.25) is 0 Å². The molecule has 0 radical (unpaired) electrons. The van der Waals surface area contributed by atoms with Crippen LogP contribution >= 0.6 is 12.4 Å². The summed E-state index contributed by atoms with van der Waals surface area (Å²) in [6, 6.07) is 6.17. The van der Waals surface area contributed by atoms with Crippen molar-refractivity contribution in [3.63, 3.8) is 0 Å². The van der Waals surface area contributed by atoms with Gasteiger partial charge >= 0.3 is 0 Å². The minimum atomic E-state index is -3.53. The molecule has 1 aliphatic carbocycles. The number of rotatable bonds is 9. The molecule has 8 heteroatoms. The number of nitrogens with one attached hydrogen (secondary N) is 1. The minimum Gasteiger partial charge on any atom is -0.491 e. The van der Waals surface area contributed by atoms with Crippen molar-refractivity contribution in [3.05, 3.63) is 24.3 Å². The molecule has 2 rings (SSSR count). The SMILES string of the molecule is COCCOc1ccc(S(=O)(=O)NC(CN)C2CC2)cc1.Cl. The van der Waals surface area contributed by atoms with Crippen LogP contribution in [0, 0.1) is 5.92 Å². The van der Waals surface area contributed by atoms with Crippen molar-refractivity contribution in [3.8, 4) is 5.75 Å². The van der Waals surface area contributed by atoms with Gasteiger partial charge in [0.05, 0.1) is 11.5 Å². The largest absolute Gasteiger partial charge is 0.491 e. The van der Waals surface area contributed by atoms with E-state index in [0.717, 1.165) is 12.8 Å². The van der Waals surface area contributed by atoms with Gasteiger partial charge in [0.15, 0.2) is 0 Å². The molecule has 1 fully saturated rings. The van der Waals surface area contributed by atoms with Gasteiger partial charge in [-0.15, -0.1) is 12.4 Å². The molecule has 22 heavy (non-hydrogen) atoms. The minimum absolute atomic E-state index is 0. The van der Waals surface area contributed by atoms with Gasteiger partial charge < -0.3 is 15.2 Å². The van der Waals surface area contributed by atoms with Gasteiger partial charge in [0.1, 0.15) is 12.4 Å². The second-order valence-corrected chi connectivity index (χ2v) is 6.83. The van der Waals surface area contributed by atoms with Crippen LogP contribution in [0.1, 0.15) is 12.8 Å². The Balaban J connectivity index is 0.00000242. The van der Waals surface area contributed by atoms with E-state index in [4.69, 9.17) is 15.2 Å². The highest BCUT2D eigenvalue weighted by atomic mass is 35.5. The molecule has 3 N–H and O–H groups in total. The van der Waals surface area contributed by atoms with Crippen molar-refractivity contribution < 1.29 is 17.9 Å². The predicted octanol–water partition coefficient (Wildman–Crippen LogP) is 1.15. The fourth-order valence-corrected chi connectivity index (χ4v) is 3.38. The Bertz CT molecular complexity index is 546. The Morgan fingerprint density at radius 1 is 1.27 bits per heavy atom. The lowest BCUT2D eigenvalue weighted by molar-refractivity contribution is 0.146. The first kappa shape index (κ1) is 19.2. The average molecular weight is 351 g/mol. The fourth-order valence-electron chi connectivity index (χ4n) is 2.06. The molecule has 1 aromatic carbocycles. The zero-order valence-electron chi connectivity index (χ0n) is 12.5. The van der Waals surface area contributed by atoms with Crippen molar-refractivity contribution in [1.82, 2.24) is 4.72 Å². The molecular weight excluding hydrogens is 328 g/mol. The highest BCUT2D eigenvalue weighted by Crippen LogP contribution is 2.32. The normalized spacial score (nSPS) is 15.9. The first-order chi connectivity index (χ1) is 10.1. The molecule has 1 atom stereocenters. The summed E-state index contributed by atoms with van der Waals surface area (Å²) in [4.78, 5) is 0.223.